The first kappa shape index (κ1) is 15.0. The van der Waals surface area contributed by atoms with E-state index < -0.39 is 0 Å². The molecule has 0 aliphatic heterocycles. The van der Waals surface area contributed by atoms with Crippen LogP contribution < -0.4 is 5.32 Å². The van der Waals surface area contributed by atoms with Gasteiger partial charge in [0, 0.05) is 17.6 Å². The Bertz CT molecular complexity index is 422. The summed E-state index contributed by atoms with van der Waals surface area (Å²) in [5.74, 6) is 0.435. The van der Waals surface area contributed by atoms with Gasteiger partial charge in [-0.25, -0.2) is 0 Å². The molecule has 0 saturated heterocycles. The standard InChI is InChI=1S/C16H27NO/c1-11-8-12(10-17-16(5,6)7)14(18)13(9-11)15(2,3)4/h8-9,17-18H,10H2,1-7H3. The summed E-state index contributed by atoms with van der Waals surface area (Å²) in [6, 6.07) is 4.14. The van der Waals surface area contributed by atoms with E-state index in [1.165, 1.54) is 5.56 Å². The second kappa shape index (κ2) is 4.93. The highest BCUT2D eigenvalue weighted by molar-refractivity contribution is 5.46. The van der Waals surface area contributed by atoms with Crippen LogP contribution in [-0.4, -0.2) is 10.6 Å². The summed E-state index contributed by atoms with van der Waals surface area (Å²) in [4.78, 5) is 0. The van der Waals surface area contributed by atoms with E-state index in [9.17, 15) is 5.11 Å². The van der Waals surface area contributed by atoms with Gasteiger partial charge < -0.3 is 10.4 Å². The summed E-state index contributed by atoms with van der Waals surface area (Å²) in [5, 5.41) is 13.8. The molecule has 0 spiro atoms. The highest BCUT2D eigenvalue weighted by Crippen LogP contribution is 2.34. The second-order valence-corrected chi connectivity index (χ2v) is 7.17. The van der Waals surface area contributed by atoms with Gasteiger partial charge in [-0.05, 0) is 38.7 Å². The van der Waals surface area contributed by atoms with Crippen molar-refractivity contribution in [1.82, 2.24) is 5.32 Å². The number of phenolic OH excluding ortho intramolecular Hbond substituents is 1. The monoisotopic (exact) mass is 249 g/mol. The summed E-state index contributed by atoms with van der Waals surface area (Å²) in [7, 11) is 0. The predicted octanol–water partition coefficient (Wildman–Crippen LogP) is 3.89. The van der Waals surface area contributed by atoms with Crippen molar-refractivity contribution in [1.29, 1.82) is 0 Å². The molecular weight excluding hydrogens is 222 g/mol. The Kier molecular flexibility index (Phi) is 4.12. The lowest BCUT2D eigenvalue weighted by Gasteiger charge is -2.25. The molecule has 2 heteroatoms. The fraction of sp³-hybridized carbons (Fsp3) is 0.625. The third kappa shape index (κ3) is 4.02. The number of hydrogen-bond donors (Lipinski definition) is 2. The molecular formula is C16H27NO. The molecule has 0 saturated carbocycles. The van der Waals surface area contributed by atoms with Gasteiger partial charge in [-0.2, -0.15) is 0 Å². The number of benzene rings is 1. The Morgan fingerprint density at radius 1 is 1.06 bits per heavy atom. The molecule has 0 radical (unpaired) electrons. The molecule has 18 heavy (non-hydrogen) atoms. The molecule has 0 atom stereocenters. The Balaban J connectivity index is 3.10. The van der Waals surface area contributed by atoms with Crippen LogP contribution in [0.1, 0.15) is 58.2 Å². The van der Waals surface area contributed by atoms with E-state index in [2.05, 4.69) is 65.9 Å². The van der Waals surface area contributed by atoms with Gasteiger partial charge in [-0.3, -0.25) is 0 Å². The zero-order chi connectivity index (χ0) is 14.1. The zero-order valence-electron chi connectivity index (χ0n) is 12.8. The minimum atomic E-state index is -0.0351. The molecule has 0 fully saturated rings. The summed E-state index contributed by atoms with van der Waals surface area (Å²) >= 11 is 0. The van der Waals surface area contributed by atoms with Crippen molar-refractivity contribution in [2.45, 2.75) is 66.0 Å². The lowest BCUT2D eigenvalue weighted by Crippen LogP contribution is -2.35. The minimum Gasteiger partial charge on any atom is -0.507 e. The SMILES string of the molecule is Cc1cc(CNC(C)(C)C)c(O)c(C(C)(C)C)c1. The molecule has 102 valence electrons. The Morgan fingerprint density at radius 2 is 1.61 bits per heavy atom. The fourth-order valence-corrected chi connectivity index (χ4v) is 1.92. The third-order valence-corrected chi connectivity index (χ3v) is 2.95. The maximum Gasteiger partial charge on any atom is 0.123 e. The molecule has 2 N–H and O–H groups in total. The van der Waals surface area contributed by atoms with Gasteiger partial charge in [0.15, 0.2) is 0 Å². The fourth-order valence-electron chi connectivity index (χ4n) is 1.92. The van der Waals surface area contributed by atoms with Crippen molar-refractivity contribution in [2.24, 2.45) is 0 Å². The highest BCUT2D eigenvalue weighted by Gasteiger charge is 2.21. The van der Waals surface area contributed by atoms with Crippen LogP contribution in [0.3, 0.4) is 0 Å². The molecule has 1 aromatic rings. The van der Waals surface area contributed by atoms with Gasteiger partial charge in [0.2, 0.25) is 0 Å². The first-order valence-corrected chi connectivity index (χ1v) is 6.59. The van der Waals surface area contributed by atoms with Crippen LogP contribution in [0, 0.1) is 6.92 Å². The number of phenols is 1. The van der Waals surface area contributed by atoms with Gasteiger partial charge in [0.05, 0.1) is 0 Å². The van der Waals surface area contributed by atoms with E-state index in [4.69, 9.17) is 0 Å². The predicted molar refractivity (Wildman–Crippen MR) is 78.1 cm³/mol. The van der Waals surface area contributed by atoms with Gasteiger partial charge >= 0.3 is 0 Å². The van der Waals surface area contributed by atoms with E-state index >= 15 is 0 Å². The summed E-state index contributed by atoms with van der Waals surface area (Å²) in [6.07, 6.45) is 0. The quantitative estimate of drug-likeness (QED) is 0.833. The number of aryl methyl sites for hydroxylation is 1. The molecule has 0 aliphatic rings. The van der Waals surface area contributed by atoms with Gasteiger partial charge in [0.25, 0.3) is 0 Å². The van der Waals surface area contributed by atoms with Crippen molar-refractivity contribution in [2.75, 3.05) is 0 Å². The first-order valence-electron chi connectivity index (χ1n) is 6.59. The van der Waals surface area contributed by atoms with Crippen LogP contribution in [0.25, 0.3) is 0 Å². The van der Waals surface area contributed by atoms with Gasteiger partial charge in [0.1, 0.15) is 5.75 Å². The number of rotatable bonds is 2. The van der Waals surface area contributed by atoms with E-state index in [0.29, 0.717) is 12.3 Å². The van der Waals surface area contributed by atoms with E-state index in [0.717, 1.165) is 11.1 Å². The average Bonchev–Trinajstić information content (AvgIpc) is 2.16. The number of nitrogens with one attached hydrogen (secondary N) is 1. The normalized spacial score (nSPS) is 12.8. The Hall–Kier alpha value is -1.02. The van der Waals surface area contributed by atoms with Crippen LogP contribution in [0.4, 0.5) is 0 Å². The largest absolute Gasteiger partial charge is 0.507 e. The summed E-state index contributed by atoms with van der Waals surface area (Å²) in [6.45, 7) is 15.5. The third-order valence-electron chi connectivity index (χ3n) is 2.95. The first-order chi connectivity index (χ1) is 8.00. The molecule has 0 amide bonds. The zero-order valence-corrected chi connectivity index (χ0v) is 12.8. The molecule has 1 aromatic carbocycles. The molecule has 0 aromatic heterocycles. The van der Waals surface area contributed by atoms with Crippen molar-refractivity contribution in [3.63, 3.8) is 0 Å². The Morgan fingerprint density at radius 3 is 2.06 bits per heavy atom. The molecule has 2 nitrogen and oxygen atoms in total. The lowest BCUT2D eigenvalue weighted by atomic mass is 9.84. The molecule has 0 bridgehead atoms. The minimum absolute atomic E-state index is 0.0351. The molecule has 0 aliphatic carbocycles. The van der Waals surface area contributed by atoms with Crippen molar-refractivity contribution >= 4 is 0 Å². The van der Waals surface area contributed by atoms with Crippen molar-refractivity contribution < 1.29 is 5.11 Å². The number of aromatic hydroxyl groups is 1. The van der Waals surface area contributed by atoms with Crippen molar-refractivity contribution in [3.8, 4) is 5.75 Å². The van der Waals surface area contributed by atoms with E-state index in [1.54, 1.807) is 0 Å². The average molecular weight is 249 g/mol. The van der Waals surface area contributed by atoms with Crippen LogP contribution in [-0.2, 0) is 12.0 Å². The Labute approximate surface area is 111 Å². The second-order valence-electron chi connectivity index (χ2n) is 7.17. The molecule has 1 rings (SSSR count). The molecule has 0 unspecified atom stereocenters. The summed E-state index contributed by atoms with van der Waals surface area (Å²) < 4.78 is 0. The highest BCUT2D eigenvalue weighted by atomic mass is 16.3. The lowest BCUT2D eigenvalue weighted by molar-refractivity contribution is 0.405. The summed E-state index contributed by atoms with van der Waals surface area (Å²) in [5.41, 5.74) is 3.22. The van der Waals surface area contributed by atoms with Crippen LogP contribution in [0.2, 0.25) is 0 Å². The number of hydrogen-bond acceptors (Lipinski definition) is 2. The molecule has 0 heterocycles. The van der Waals surface area contributed by atoms with E-state index in [1.807, 2.05) is 0 Å². The van der Waals surface area contributed by atoms with Crippen LogP contribution in [0.5, 0.6) is 5.75 Å². The van der Waals surface area contributed by atoms with Crippen LogP contribution >= 0.6 is 0 Å². The smallest absolute Gasteiger partial charge is 0.123 e. The maximum absolute atomic E-state index is 10.4. The maximum atomic E-state index is 10.4. The van der Waals surface area contributed by atoms with Gasteiger partial charge in [-0.15, -0.1) is 0 Å². The van der Waals surface area contributed by atoms with E-state index in [-0.39, 0.29) is 11.0 Å². The van der Waals surface area contributed by atoms with Gasteiger partial charge in [-0.1, -0.05) is 38.5 Å². The van der Waals surface area contributed by atoms with Crippen LogP contribution in [0.15, 0.2) is 12.1 Å². The topological polar surface area (TPSA) is 32.3 Å². The van der Waals surface area contributed by atoms with Crippen molar-refractivity contribution in [3.05, 3.63) is 28.8 Å².